The molecule has 1 unspecified atom stereocenters. The van der Waals surface area contributed by atoms with E-state index < -0.39 is 10.0 Å². The van der Waals surface area contributed by atoms with Crippen LogP contribution in [-0.4, -0.2) is 59.4 Å². The second kappa shape index (κ2) is 12.1. The van der Waals surface area contributed by atoms with Crippen LogP contribution in [0.1, 0.15) is 19.8 Å². The van der Waals surface area contributed by atoms with Gasteiger partial charge in [0.15, 0.2) is 5.96 Å². The van der Waals surface area contributed by atoms with Crippen molar-refractivity contribution in [2.75, 3.05) is 43.9 Å². The van der Waals surface area contributed by atoms with Crippen molar-refractivity contribution in [3.8, 4) is 0 Å². The van der Waals surface area contributed by atoms with Crippen LogP contribution in [0.15, 0.2) is 33.7 Å². The van der Waals surface area contributed by atoms with Crippen molar-refractivity contribution in [3.63, 3.8) is 0 Å². The van der Waals surface area contributed by atoms with E-state index >= 15 is 0 Å². The number of hydrogen-bond acceptors (Lipinski definition) is 4. The van der Waals surface area contributed by atoms with Gasteiger partial charge in [-0.2, -0.15) is 0 Å². The van der Waals surface area contributed by atoms with E-state index in [1.54, 1.807) is 0 Å². The van der Waals surface area contributed by atoms with E-state index in [0.717, 1.165) is 36.5 Å². The largest absolute Gasteiger partial charge is 0.369 e. The number of nitrogens with one attached hydrogen (secondary N) is 3. The molecule has 0 aliphatic carbocycles. The highest BCUT2D eigenvalue weighted by Gasteiger charge is 2.23. The monoisotopic (exact) mass is 573 g/mol. The van der Waals surface area contributed by atoms with Gasteiger partial charge in [-0.3, -0.25) is 4.99 Å². The molecule has 1 aromatic rings. The molecular formula is C17H29BrIN5O2S. The molecule has 0 spiro atoms. The number of rotatable bonds is 8. The third-order valence-corrected chi connectivity index (χ3v) is 5.29. The van der Waals surface area contributed by atoms with Crippen molar-refractivity contribution in [3.05, 3.63) is 28.7 Å². The lowest BCUT2D eigenvalue weighted by molar-refractivity contribution is 0.585. The van der Waals surface area contributed by atoms with Crippen molar-refractivity contribution in [1.82, 2.24) is 15.4 Å². The molecule has 0 bridgehead atoms. The molecule has 10 heteroatoms. The summed E-state index contributed by atoms with van der Waals surface area (Å²) in [4.78, 5) is 6.91. The molecule has 1 aliphatic heterocycles. The minimum Gasteiger partial charge on any atom is -0.369 e. The summed E-state index contributed by atoms with van der Waals surface area (Å²) >= 11 is 3.47. The van der Waals surface area contributed by atoms with Crippen LogP contribution in [0.5, 0.6) is 0 Å². The fraction of sp³-hybridized carbons (Fsp3) is 0.588. The van der Waals surface area contributed by atoms with Gasteiger partial charge in [-0.1, -0.05) is 15.9 Å². The van der Waals surface area contributed by atoms with Crippen LogP contribution in [0.4, 0.5) is 5.69 Å². The molecule has 1 fully saturated rings. The van der Waals surface area contributed by atoms with Gasteiger partial charge in [0, 0.05) is 48.9 Å². The Bertz CT molecular complexity index is 700. The molecule has 7 nitrogen and oxygen atoms in total. The average molecular weight is 574 g/mol. The molecule has 0 aromatic heterocycles. The molecule has 1 atom stereocenters. The SMILES string of the molecule is CCNC(=NCCCNS(C)(=O)=O)NC1CCN(c2ccc(Br)cc2)C1.I. The molecule has 2 rings (SSSR count). The van der Waals surface area contributed by atoms with Crippen LogP contribution in [0.2, 0.25) is 0 Å². The van der Waals surface area contributed by atoms with Crippen LogP contribution < -0.4 is 20.3 Å². The van der Waals surface area contributed by atoms with Crippen LogP contribution in [-0.2, 0) is 10.0 Å². The lowest BCUT2D eigenvalue weighted by atomic mass is 10.3. The minimum absolute atomic E-state index is 0. The van der Waals surface area contributed by atoms with Crippen LogP contribution in [0.3, 0.4) is 0 Å². The zero-order valence-electron chi connectivity index (χ0n) is 15.7. The Kier molecular flexibility index (Phi) is 10.9. The molecule has 3 N–H and O–H groups in total. The van der Waals surface area contributed by atoms with Gasteiger partial charge < -0.3 is 15.5 Å². The summed E-state index contributed by atoms with van der Waals surface area (Å²) in [6.45, 7) is 5.74. The van der Waals surface area contributed by atoms with Crippen LogP contribution in [0.25, 0.3) is 0 Å². The second-order valence-corrected chi connectivity index (χ2v) is 9.08. The van der Waals surface area contributed by atoms with E-state index in [9.17, 15) is 8.42 Å². The molecule has 154 valence electrons. The molecule has 1 heterocycles. The van der Waals surface area contributed by atoms with Gasteiger partial charge >= 0.3 is 0 Å². The summed E-state index contributed by atoms with van der Waals surface area (Å²) in [5.74, 6) is 0.787. The van der Waals surface area contributed by atoms with E-state index in [4.69, 9.17) is 0 Å². The first kappa shape index (κ1) is 24.4. The summed E-state index contributed by atoms with van der Waals surface area (Å²) in [5, 5.41) is 6.74. The van der Waals surface area contributed by atoms with Crippen molar-refractivity contribution in [2.45, 2.75) is 25.8 Å². The van der Waals surface area contributed by atoms with Gasteiger partial charge in [-0.15, -0.1) is 24.0 Å². The Balaban J connectivity index is 0.00000364. The number of aliphatic imine (C=N–C) groups is 1. The number of benzene rings is 1. The number of hydrogen-bond donors (Lipinski definition) is 3. The molecule has 1 aromatic carbocycles. The van der Waals surface area contributed by atoms with Gasteiger partial charge in [-0.05, 0) is 44.0 Å². The standard InChI is InChI=1S/C17H28BrN5O2S.HI/c1-3-19-17(20-10-4-11-21-26(2,24)25)22-15-9-12-23(13-15)16-7-5-14(18)6-8-16;/h5-8,15,21H,3-4,9-13H2,1-2H3,(H2,19,20,22);1H. The molecule has 0 radical (unpaired) electrons. The molecular weight excluding hydrogens is 545 g/mol. The highest BCUT2D eigenvalue weighted by Crippen LogP contribution is 2.22. The third kappa shape index (κ3) is 9.44. The second-order valence-electron chi connectivity index (χ2n) is 6.33. The Hall–Kier alpha value is -0.590. The van der Waals surface area contributed by atoms with Crippen LogP contribution >= 0.6 is 39.9 Å². The van der Waals surface area contributed by atoms with Gasteiger partial charge in [0.05, 0.1) is 6.26 Å². The zero-order valence-corrected chi connectivity index (χ0v) is 20.5. The predicted molar refractivity (Wildman–Crippen MR) is 127 cm³/mol. The Morgan fingerprint density at radius 1 is 1.33 bits per heavy atom. The lowest BCUT2D eigenvalue weighted by Crippen LogP contribution is -2.44. The lowest BCUT2D eigenvalue weighted by Gasteiger charge is -2.20. The fourth-order valence-corrected chi connectivity index (χ4v) is 3.58. The first-order valence-electron chi connectivity index (χ1n) is 8.87. The summed E-state index contributed by atoms with van der Waals surface area (Å²) in [6.07, 6.45) is 2.88. The van der Waals surface area contributed by atoms with Crippen molar-refractivity contribution in [2.24, 2.45) is 4.99 Å². The topological polar surface area (TPSA) is 85.8 Å². The minimum atomic E-state index is -3.13. The molecule has 27 heavy (non-hydrogen) atoms. The number of nitrogens with zero attached hydrogens (tertiary/aromatic N) is 2. The van der Waals surface area contributed by atoms with Gasteiger partial charge in [0.1, 0.15) is 0 Å². The van der Waals surface area contributed by atoms with E-state index in [1.807, 2.05) is 6.92 Å². The van der Waals surface area contributed by atoms with Crippen molar-refractivity contribution in [1.29, 1.82) is 0 Å². The summed E-state index contributed by atoms with van der Waals surface area (Å²) in [7, 11) is -3.13. The first-order chi connectivity index (χ1) is 12.4. The number of sulfonamides is 1. The van der Waals surface area contributed by atoms with Crippen LogP contribution in [0, 0.1) is 0 Å². The molecule has 1 aliphatic rings. The Morgan fingerprint density at radius 2 is 2.04 bits per heavy atom. The van der Waals surface area contributed by atoms with E-state index in [0.29, 0.717) is 25.6 Å². The summed E-state index contributed by atoms with van der Waals surface area (Å²) in [6, 6.07) is 8.71. The van der Waals surface area contributed by atoms with Gasteiger partial charge in [-0.25, -0.2) is 13.1 Å². The van der Waals surface area contributed by atoms with Gasteiger partial charge in [0.2, 0.25) is 10.0 Å². The number of halogens is 2. The first-order valence-corrected chi connectivity index (χ1v) is 11.6. The summed E-state index contributed by atoms with van der Waals surface area (Å²) in [5.41, 5.74) is 1.23. The average Bonchev–Trinajstić information content (AvgIpc) is 3.03. The van der Waals surface area contributed by atoms with Gasteiger partial charge in [0.25, 0.3) is 0 Å². The summed E-state index contributed by atoms with van der Waals surface area (Å²) < 4.78 is 25.7. The maximum atomic E-state index is 11.0. The Labute approximate surface area is 188 Å². The number of anilines is 1. The van der Waals surface area contributed by atoms with E-state index in [1.165, 1.54) is 11.9 Å². The smallest absolute Gasteiger partial charge is 0.208 e. The number of guanidine groups is 1. The quantitative estimate of drug-likeness (QED) is 0.192. The predicted octanol–water partition coefficient (Wildman–Crippen LogP) is 2.14. The molecule has 0 amide bonds. The maximum Gasteiger partial charge on any atom is 0.208 e. The highest BCUT2D eigenvalue weighted by molar-refractivity contribution is 14.0. The molecule has 0 saturated carbocycles. The highest BCUT2D eigenvalue weighted by atomic mass is 127. The third-order valence-electron chi connectivity index (χ3n) is 4.03. The van der Waals surface area contributed by atoms with E-state index in [2.05, 4.69) is 65.4 Å². The normalized spacial score (nSPS) is 17.5. The van der Waals surface area contributed by atoms with Crippen molar-refractivity contribution >= 4 is 61.6 Å². The fourth-order valence-electron chi connectivity index (χ4n) is 2.81. The maximum absolute atomic E-state index is 11.0. The van der Waals surface area contributed by atoms with E-state index in [-0.39, 0.29) is 24.0 Å². The Morgan fingerprint density at radius 3 is 2.67 bits per heavy atom. The van der Waals surface area contributed by atoms with Crippen molar-refractivity contribution < 1.29 is 8.42 Å². The molecule has 1 saturated heterocycles. The zero-order chi connectivity index (χ0) is 19.0.